The highest BCUT2D eigenvalue weighted by atomic mass is 19.3. The monoisotopic (exact) mass is 507 g/mol. The number of hydrogen-bond acceptors (Lipinski definition) is 3. The van der Waals surface area contributed by atoms with Crippen LogP contribution in [0.2, 0.25) is 0 Å². The third-order valence-corrected chi connectivity index (χ3v) is 7.88. The molecule has 2 aromatic carbocycles. The molecule has 37 heavy (non-hydrogen) atoms. The Bertz CT molecular complexity index is 1310. The van der Waals surface area contributed by atoms with E-state index in [-0.39, 0.29) is 43.7 Å². The molecular weight excluding hydrogens is 479 g/mol. The van der Waals surface area contributed by atoms with Gasteiger partial charge in [-0.1, -0.05) is 30.3 Å². The lowest BCUT2D eigenvalue weighted by atomic mass is 9.68. The van der Waals surface area contributed by atoms with E-state index in [2.05, 4.69) is 4.98 Å². The summed E-state index contributed by atoms with van der Waals surface area (Å²) in [5, 5.41) is 0. The number of primary amides is 1. The first-order valence-corrected chi connectivity index (χ1v) is 12.5. The van der Waals surface area contributed by atoms with Crippen LogP contribution in [-0.4, -0.2) is 22.7 Å². The number of anilines is 1. The van der Waals surface area contributed by atoms with Crippen LogP contribution in [0.25, 0.3) is 0 Å². The maximum Gasteiger partial charge on any atom is 0.248 e. The minimum Gasteiger partial charge on any atom is -0.367 e. The number of nitrogens with zero attached hydrogens (tertiary/aromatic N) is 2. The van der Waals surface area contributed by atoms with Crippen LogP contribution in [0.4, 0.5) is 18.9 Å². The summed E-state index contributed by atoms with van der Waals surface area (Å²) in [7, 11) is 0. The van der Waals surface area contributed by atoms with Crippen molar-refractivity contribution in [1.29, 1.82) is 0 Å². The maximum atomic E-state index is 14.5. The largest absolute Gasteiger partial charge is 0.367 e. The molecule has 5 nitrogen and oxygen atoms in total. The normalized spacial score (nSPS) is 22.8. The van der Waals surface area contributed by atoms with E-state index < -0.39 is 35.0 Å². The smallest absolute Gasteiger partial charge is 0.248 e. The number of benzene rings is 2. The minimum absolute atomic E-state index is 0.0777. The van der Waals surface area contributed by atoms with Crippen LogP contribution in [0.3, 0.4) is 0 Å². The first-order valence-electron chi connectivity index (χ1n) is 12.5. The molecule has 0 radical (unpaired) electrons. The third-order valence-electron chi connectivity index (χ3n) is 7.88. The van der Waals surface area contributed by atoms with Crippen LogP contribution in [0.15, 0.2) is 73.1 Å². The van der Waals surface area contributed by atoms with Crippen LogP contribution in [0.5, 0.6) is 0 Å². The van der Waals surface area contributed by atoms with Crippen molar-refractivity contribution < 1.29 is 22.8 Å². The average Bonchev–Trinajstić information content (AvgIpc) is 3.21. The number of nitrogens with two attached hydrogens (primary N) is 1. The summed E-state index contributed by atoms with van der Waals surface area (Å²) in [6, 6.07) is 16.2. The van der Waals surface area contributed by atoms with Crippen molar-refractivity contribution in [2.75, 3.05) is 4.90 Å². The van der Waals surface area contributed by atoms with Crippen LogP contribution in [0.1, 0.15) is 42.4 Å². The van der Waals surface area contributed by atoms with E-state index in [1.165, 1.54) is 23.1 Å². The molecule has 0 bridgehead atoms. The van der Waals surface area contributed by atoms with Crippen molar-refractivity contribution in [3.05, 3.63) is 95.6 Å². The SMILES string of the molecule is NC(=O)C1(N(C(=O)Cc2ccncc2)c2cccc(F)c2)c2ccccc2CC1C1CCC(F)(F)CC1. The highest BCUT2D eigenvalue weighted by Gasteiger charge is 2.60. The number of halogens is 3. The molecule has 2 aliphatic rings. The standard InChI is InChI=1S/C29H28F3N3O2/c30-22-5-3-6-23(18-22)35(26(36)16-19-10-14-34-15-11-19)29(27(33)37)24-7-2-1-4-21(24)17-25(29)20-8-12-28(31,32)13-9-20/h1-7,10-11,14-15,18,20,25H,8-9,12-13,16-17H2,(H2,33,37). The maximum absolute atomic E-state index is 14.5. The molecule has 3 aromatic rings. The lowest BCUT2D eigenvalue weighted by Crippen LogP contribution is -2.62. The number of amides is 2. The summed E-state index contributed by atoms with van der Waals surface area (Å²) in [4.78, 5) is 33.1. The number of hydrogen-bond donors (Lipinski definition) is 1. The molecule has 0 saturated heterocycles. The van der Waals surface area contributed by atoms with E-state index in [1.54, 1.807) is 42.7 Å². The number of alkyl halides is 2. The fraction of sp³-hybridized carbons (Fsp3) is 0.345. The summed E-state index contributed by atoms with van der Waals surface area (Å²) in [6.45, 7) is 0. The van der Waals surface area contributed by atoms with Gasteiger partial charge in [0.25, 0.3) is 0 Å². The van der Waals surface area contributed by atoms with Crippen molar-refractivity contribution in [2.45, 2.75) is 50.0 Å². The van der Waals surface area contributed by atoms with E-state index in [4.69, 9.17) is 5.73 Å². The van der Waals surface area contributed by atoms with Crippen LogP contribution in [-0.2, 0) is 28.0 Å². The van der Waals surface area contributed by atoms with Crippen molar-refractivity contribution in [2.24, 2.45) is 17.6 Å². The topological polar surface area (TPSA) is 76.3 Å². The molecule has 1 aromatic heterocycles. The van der Waals surface area contributed by atoms with Gasteiger partial charge in [-0.15, -0.1) is 0 Å². The second-order valence-electron chi connectivity index (χ2n) is 10.0. The number of aromatic nitrogens is 1. The molecule has 2 amide bonds. The number of carbonyl (C=O) groups excluding carboxylic acids is 2. The van der Waals surface area contributed by atoms with Crippen LogP contribution >= 0.6 is 0 Å². The zero-order valence-corrected chi connectivity index (χ0v) is 20.2. The van der Waals surface area contributed by atoms with Gasteiger partial charge in [0, 0.05) is 36.8 Å². The zero-order chi connectivity index (χ0) is 26.2. The Kier molecular flexibility index (Phi) is 6.52. The van der Waals surface area contributed by atoms with Crippen molar-refractivity contribution in [3.63, 3.8) is 0 Å². The van der Waals surface area contributed by atoms with Crippen molar-refractivity contribution in [1.82, 2.24) is 4.98 Å². The highest BCUT2D eigenvalue weighted by Crippen LogP contribution is 2.54. The quantitative estimate of drug-likeness (QED) is 0.500. The molecule has 5 rings (SSSR count). The van der Waals surface area contributed by atoms with E-state index in [0.717, 1.165) is 5.56 Å². The van der Waals surface area contributed by atoms with Gasteiger partial charge in [0.1, 0.15) is 5.82 Å². The van der Waals surface area contributed by atoms with Crippen LogP contribution in [0, 0.1) is 17.7 Å². The van der Waals surface area contributed by atoms with Gasteiger partial charge in [0.05, 0.1) is 6.42 Å². The molecule has 1 heterocycles. The molecule has 0 spiro atoms. The van der Waals surface area contributed by atoms with Gasteiger partial charge in [0.2, 0.25) is 17.7 Å². The number of pyridine rings is 1. The predicted octanol–water partition coefficient (Wildman–Crippen LogP) is 5.18. The predicted molar refractivity (Wildman–Crippen MR) is 133 cm³/mol. The summed E-state index contributed by atoms with van der Waals surface area (Å²) < 4.78 is 42.7. The van der Waals surface area contributed by atoms with Crippen molar-refractivity contribution >= 4 is 17.5 Å². The molecule has 192 valence electrons. The molecule has 1 fully saturated rings. The van der Waals surface area contributed by atoms with Crippen LogP contribution < -0.4 is 10.6 Å². The Morgan fingerprint density at radius 2 is 1.70 bits per heavy atom. The lowest BCUT2D eigenvalue weighted by molar-refractivity contribution is -0.132. The van der Waals surface area contributed by atoms with Gasteiger partial charge in [-0.05, 0) is 72.2 Å². The second kappa shape index (κ2) is 9.65. The summed E-state index contributed by atoms with van der Waals surface area (Å²) in [6.07, 6.45) is 3.29. The van der Waals surface area contributed by atoms with Gasteiger partial charge in [-0.2, -0.15) is 0 Å². The molecule has 2 N–H and O–H groups in total. The zero-order valence-electron chi connectivity index (χ0n) is 20.2. The molecular formula is C29H28F3N3O2. The van der Waals surface area contributed by atoms with Crippen molar-refractivity contribution in [3.8, 4) is 0 Å². The Balaban J connectivity index is 1.70. The summed E-state index contributed by atoms with van der Waals surface area (Å²) in [5.74, 6) is -5.34. The van der Waals surface area contributed by atoms with E-state index in [9.17, 15) is 22.8 Å². The minimum atomic E-state index is -2.75. The van der Waals surface area contributed by atoms with E-state index >= 15 is 0 Å². The molecule has 0 aliphatic heterocycles. The molecule has 8 heteroatoms. The van der Waals surface area contributed by atoms with E-state index in [1.807, 2.05) is 12.1 Å². The Morgan fingerprint density at radius 3 is 2.38 bits per heavy atom. The van der Waals surface area contributed by atoms with Gasteiger partial charge in [0.15, 0.2) is 5.54 Å². The Hall–Kier alpha value is -3.68. The summed E-state index contributed by atoms with van der Waals surface area (Å²) in [5.41, 5.74) is 6.82. The first kappa shape index (κ1) is 25.0. The van der Waals surface area contributed by atoms with Gasteiger partial charge >= 0.3 is 0 Å². The Morgan fingerprint density at radius 1 is 1.00 bits per heavy atom. The molecule has 2 aliphatic carbocycles. The third kappa shape index (κ3) is 4.49. The molecule has 1 saturated carbocycles. The number of fused-ring (bicyclic) bond motifs is 1. The summed E-state index contributed by atoms with van der Waals surface area (Å²) >= 11 is 0. The Labute approximate surface area is 213 Å². The highest BCUT2D eigenvalue weighted by molar-refractivity contribution is 6.05. The van der Waals surface area contributed by atoms with E-state index in [0.29, 0.717) is 17.5 Å². The first-order chi connectivity index (χ1) is 17.7. The fourth-order valence-electron chi connectivity index (χ4n) is 6.25. The lowest BCUT2D eigenvalue weighted by Gasteiger charge is -2.47. The van der Waals surface area contributed by atoms with Gasteiger partial charge in [-0.25, -0.2) is 13.2 Å². The number of rotatable bonds is 6. The fourth-order valence-corrected chi connectivity index (χ4v) is 6.25. The van der Waals surface area contributed by atoms with Gasteiger partial charge in [-0.3, -0.25) is 19.5 Å². The molecule has 2 unspecified atom stereocenters. The van der Waals surface area contributed by atoms with Gasteiger partial charge < -0.3 is 5.73 Å². The molecule has 2 atom stereocenters. The second-order valence-corrected chi connectivity index (χ2v) is 10.0. The average molecular weight is 508 g/mol. The number of carbonyl (C=O) groups is 2.